The Labute approximate surface area is 121 Å². The van der Waals surface area contributed by atoms with Crippen LogP contribution < -0.4 is 11.1 Å². The van der Waals surface area contributed by atoms with Gasteiger partial charge in [-0.25, -0.2) is 0 Å². The van der Waals surface area contributed by atoms with Crippen LogP contribution in [0.25, 0.3) is 0 Å². The molecule has 0 aromatic heterocycles. The monoisotopic (exact) mass is 281 g/mol. The fraction of sp³-hybridized carbons (Fsp3) is 0.933. The van der Waals surface area contributed by atoms with Gasteiger partial charge in [0.2, 0.25) is 5.91 Å². The number of piperidine rings is 1. The van der Waals surface area contributed by atoms with Crippen molar-refractivity contribution < 1.29 is 9.53 Å². The number of ether oxygens (including phenoxy) is 1. The molecule has 3 rings (SSSR count). The first kappa shape index (κ1) is 14.3. The molecule has 1 aliphatic heterocycles. The molecule has 0 radical (unpaired) electrons. The number of carbonyl (C=O) groups excluding carboxylic acids is 1. The minimum Gasteiger partial charge on any atom is -0.381 e. The lowest BCUT2D eigenvalue weighted by Gasteiger charge is -2.40. The Bertz CT molecular complexity index is 360. The van der Waals surface area contributed by atoms with E-state index in [1.54, 1.807) is 7.11 Å². The summed E-state index contributed by atoms with van der Waals surface area (Å²) in [6.07, 6.45) is 7.14. The summed E-state index contributed by atoms with van der Waals surface area (Å²) in [6, 6.07) is 0.514. The van der Waals surface area contributed by atoms with Gasteiger partial charge in [-0.15, -0.1) is 0 Å². The molecule has 0 aromatic carbocycles. The Morgan fingerprint density at radius 1 is 1.25 bits per heavy atom. The number of hydrogen-bond donors (Lipinski definition) is 2. The van der Waals surface area contributed by atoms with Gasteiger partial charge in [0.1, 0.15) is 5.54 Å². The quantitative estimate of drug-likeness (QED) is 0.712. The SMILES string of the molecule is COC1CCN(CC(NC2CC2)(C(N)=O)C2CC2)CC1. The summed E-state index contributed by atoms with van der Waals surface area (Å²) in [6.45, 7) is 2.79. The van der Waals surface area contributed by atoms with Crippen LogP contribution in [-0.4, -0.2) is 55.2 Å². The van der Waals surface area contributed by atoms with Gasteiger partial charge in [-0.1, -0.05) is 0 Å². The maximum Gasteiger partial charge on any atom is 0.239 e. The molecule has 2 saturated carbocycles. The van der Waals surface area contributed by atoms with E-state index in [2.05, 4.69) is 10.2 Å². The maximum atomic E-state index is 12.2. The van der Waals surface area contributed by atoms with Crippen LogP contribution in [0.1, 0.15) is 38.5 Å². The highest BCUT2D eigenvalue weighted by atomic mass is 16.5. The number of amides is 1. The van der Waals surface area contributed by atoms with E-state index in [0.717, 1.165) is 45.3 Å². The van der Waals surface area contributed by atoms with E-state index in [9.17, 15) is 4.79 Å². The average Bonchev–Trinajstić information content (AvgIpc) is 3.31. The Balaban J connectivity index is 1.65. The topological polar surface area (TPSA) is 67.6 Å². The first-order valence-electron chi connectivity index (χ1n) is 7.97. The van der Waals surface area contributed by atoms with E-state index in [0.29, 0.717) is 18.1 Å². The van der Waals surface area contributed by atoms with Gasteiger partial charge < -0.3 is 15.4 Å². The Kier molecular flexibility index (Phi) is 4.02. The van der Waals surface area contributed by atoms with Crippen molar-refractivity contribution in [2.24, 2.45) is 11.7 Å². The van der Waals surface area contributed by atoms with Crippen LogP contribution in [0.5, 0.6) is 0 Å². The number of likely N-dealkylation sites (tertiary alicyclic amines) is 1. The molecule has 1 unspecified atom stereocenters. The number of carbonyl (C=O) groups is 1. The summed E-state index contributed by atoms with van der Waals surface area (Å²) < 4.78 is 5.42. The lowest BCUT2D eigenvalue weighted by molar-refractivity contribution is -0.126. The smallest absolute Gasteiger partial charge is 0.239 e. The van der Waals surface area contributed by atoms with Crippen LogP contribution in [0, 0.1) is 5.92 Å². The van der Waals surface area contributed by atoms with Crippen LogP contribution in [0.15, 0.2) is 0 Å². The van der Waals surface area contributed by atoms with Crippen molar-refractivity contribution in [1.29, 1.82) is 0 Å². The minimum atomic E-state index is -0.485. The average molecular weight is 281 g/mol. The molecule has 1 heterocycles. The minimum absolute atomic E-state index is 0.152. The number of rotatable bonds is 7. The van der Waals surface area contributed by atoms with Crippen LogP contribution in [0.3, 0.4) is 0 Å². The highest BCUT2D eigenvalue weighted by Gasteiger charge is 2.52. The molecular formula is C15H27N3O2. The maximum absolute atomic E-state index is 12.2. The van der Waals surface area contributed by atoms with Gasteiger partial charge >= 0.3 is 0 Å². The zero-order valence-electron chi connectivity index (χ0n) is 12.4. The van der Waals surface area contributed by atoms with Crippen molar-refractivity contribution in [2.75, 3.05) is 26.7 Å². The summed E-state index contributed by atoms with van der Waals surface area (Å²) in [5, 5.41) is 3.59. The van der Waals surface area contributed by atoms with Gasteiger partial charge in [0.25, 0.3) is 0 Å². The molecule has 0 aromatic rings. The molecule has 3 N–H and O–H groups in total. The number of hydrogen-bond acceptors (Lipinski definition) is 4. The van der Waals surface area contributed by atoms with Crippen LogP contribution in [0.2, 0.25) is 0 Å². The second-order valence-corrected chi connectivity index (χ2v) is 6.74. The normalized spacial score (nSPS) is 28.2. The molecular weight excluding hydrogens is 254 g/mol. The second kappa shape index (κ2) is 5.62. The summed E-state index contributed by atoms with van der Waals surface area (Å²) >= 11 is 0. The summed E-state index contributed by atoms with van der Waals surface area (Å²) in [5.41, 5.74) is 5.32. The summed E-state index contributed by atoms with van der Waals surface area (Å²) in [7, 11) is 1.78. The van der Waals surface area contributed by atoms with E-state index in [4.69, 9.17) is 10.5 Å². The molecule has 0 spiro atoms. The Hall–Kier alpha value is -0.650. The molecule has 2 aliphatic carbocycles. The molecule has 5 nitrogen and oxygen atoms in total. The van der Waals surface area contributed by atoms with E-state index < -0.39 is 5.54 Å². The molecule has 3 fully saturated rings. The predicted octanol–water partition coefficient (Wildman–Crippen LogP) is 0.483. The predicted molar refractivity (Wildman–Crippen MR) is 77.3 cm³/mol. The summed E-state index contributed by atoms with van der Waals surface area (Å²) in [4.78, 5) is 14.6. The third-order valence-corrected chi connectivity index (χ3v) is 5.09. The highest BCUT2D eigenvalue weighted by molar-refractivity contribution is 5.86. The molecule has 3 aliphatic rings. The fourth-order valence-corrected chi connectivity index (χ4v) is 3.47. The summed E-state index contributed by atoms with van der Waals surface area (Å²) in [5.74, 6) is 0.293. The molecule has 1 atom stereocenters. The zero-order chi connectivity index (χ0) is 14.2. The van der Waals surface area contributed by atoms with Crippen molar-refractivity contribution >= 4 is 5.91 Å². The van der Waals surface area contributed by atoms with E-state index >= 15 is 0 Å². The van der Waals surface area contributed by atoms with E-state index in [1.165, 1.54) is 12.8 Å². The van der Waals surface area contributed by atoms with Crippen molar-refractivity contribution in [2.45, 2.75) is 56.2 Å². The molecule has 0 bridgehead atoms. The largest absolute Gasteiger partial charge is 0.381 e. The van der Waals surface area contributed by atoms with Gasteiger partial charge in [-0.2, -0.15) is 0 Å². The lowest BCUT2D eigenvalue weighted by Crippen LogP contribution is -2.64. The molecule has 114 valence electrons. The van der Waals surface area contributed by atoms with E-state index in [1.807, 2.05) is 0 Å². The van der Waals surface area contributed by atoms with E-state index in [-0.39, 0.29) is 5.91 Å². The number of nitrogens with zero attached hydrogens (tertiary/aromatic N) is 1. The third-order valence-electron chi connectivity index (χ3n) is 5.09. The molecule has 1 amide bonds. The third kappa shape index (κ3) is 3.00. The number of primary amides is 1. The lowest BCUT2D eigenvalue weighted by atomic mass is 9.90. The first-order valence-corrected chi connectivity index (χ1v) is 7.97. The standard InChI is InChI=1S/C15H27N3O2/c1-20-13-6-8-18(9-7-13)10-15(14(16)19,11-2-3-11)17-12-4-5-12/h11-13,17H,2-10H2,1H3,(H2,16,19). The molecule has 5 heteroatoms. The molecule has 1 saturated heterocycles. The van der Waals surface area contributed by atoms with Crippen molar-refractivity contribution in [3.05, 3.63) is 0 Å². The number of nitrogens with two attached hydrogens (primary N) is 1. The molecule has 20 heavy (non-hydrogen) atoms. The Morgan fingerprint density at radius 2 is 1.90 bits per heavy atom. The van der Waals surface area contributed by atoms with Crippen LogP contribution in [0.4, 0.5) is 0 Å². The number of methoxy groups -OCH3 is 1. The van der Waals surface area contributed by atoms with Gasteiger partial charge in [0.15, 0.2) is 0 Å². The fourth-order valence-electron chi connectivity index (χ4n) is 3.47. The number of nitrogens with one attached hydrogen (secondary N) is 1. The van der Waals surface area contributed by atoms with Crippen LogP contribution in [-0.2, 0) is 9.53 Å². The van der Waals surface area contributed by atoms with Gasteiger partial charge in [-0.05, 0) is 44.4 Å². The van der Waals surface area contributed by atoms with Crippen LogP contribution >= 0.6 is 0 Å². The highest BCUT2D eigenvalue weighted by Crippen LogP contribution is 2.42. The Morgan fingerprint density at radius 3 is 2.35 bits per heavy atom. The second-order valence-electron chi connectivity index (χ2n) is 6.74. The van der Waals surface area contributed by atoms with Gasteiger partial charge in [-0.3, -0.25) is 10.1 Å². The van der Waals surface area contributed by atoms with Crippen molar-refractivity contribution in [3.8, 4) is 0 Å². The van der Waals surface area contributed by atoms with Crippen molar-refractivity contribution in [1.82, 2.24) is 10.2 Å². The van der Waals surface area contributed by atoms with Gasteiger partial charge in [0, 0.05) is 32.8 Å². The van der Waals surface area contributed by atoms with Crippen molar-refractivity contribution in [3.63, 3.8) is 0 Å². The van der Waals surface area contributed by atoms with Gasteiger partial charge in [0.05, 0.1) is 6.10 Å². The first-order chi connectivity index (χ1) is 9.64. The zero-order valence-corrected chi connectivity index (χ0v) is 12.4.